The van der Waals surface area contributed by atoms with E-state index in [-0.39, 0.29) is 4.90 Å². The molecule has 1 aromatic carbocycles. The lowest BCUT2D eigenvalue weighted by molar-refractivity contribution is 0.414. The highest BCUT2D eigenvalue weighted by molar-refractivity contribution is 7.92. The molecule has 0 aliphatic rings. The molecule has 2 N–H and O–H groups in total. The molecule has 0 bridgehead atoms. The molecule has 7 nitrogen and oxygen atoms in total. The molecule has 27 heavy (non-hydrogen) atoms. The maximum absolute atomic E-state index is 12.6. The lowest BCUT2D eigenvalue weighted by Crippen LogP contribution is -2.14. The molecule has 0 aliphatic carbocycles. The second-order valence-corrected chi connectivity index (χ2v) is 7.53. The van der Waals surface area contributed by atoms with E-state index < -0.39 is 10.0 Å². The van der Waals surface area contributed by atoms with Crippen molar-refractivity contribution in [3.63, 3.8) is 0 Å². The zero-order valence-corrected chi connectivity index (χ0v) is 15.8. The van der Waals surface area contributed by atoms with E-state index in [1.807, 2.05) is 12.1 Å². The molecule has 2 aromatic heterocycles. The monoisotopic (exact) mass is 384 g/mol. The van der Waals surface area contributed by atoms with E-state index in [4.69, 9.17) is 4.74 Å². The van der Waals surface area contributed by atoms with Gasteiger partial charge in [0.2, 0.25) is 0 Å². The van der Waals surface area contributed by atoms with Crippen LogP contribution >= 0.6 is 0 Å². The standard InChI is InChI=1S/C19H20N4O3S/c1-14-10-17(26-2)6-7-18(14)27(24,25)23-16-5-8-19(22-13-16)21-12-15-4-3-9-20-11-15/h3-11,13,23H,12H2,1-2H3,(H,21,22). The quantitative estimate of drug-likeness (QED) is 0.650. The van der Waals surface area contributed by atoms with Crippen molar-refractivity contribution in [3.8, 4) is 5.75 Å². The van der Waals surface area contributed by atoms with Crippen LogP contribution in [0.4, 0.5) is 11.5 Å². The molecular weight excluding hydrogens is 364 g/mol. The van der Waals surface area contributed by atoms with Gasteiger partial charge in [-0.1, -0.05) is 6.07 Å². The molecule has 0 atom stereocenters. The number of pyridine rings is 2. The summed E-state index contributed by atoms with van der Waals surface area (Å²) in [5.41, 5.74) is 2.01. The van der Waals surface area contributed by atoms with Crippen LogP contribution in [0, 0.1) is 6.92 Å². The van der Waals surface area contributed by atoms with E-state index in [0.717, 1.165) is 5.56 Å². The van der Waals surface area contributed by atoms with Gasteiger partial charge in [0, 0.05) is 18.9 Å². The average molecular weight is 384 g/mol. The van der Waals surface area contributed by atoms with Gasteiger partial charge in [0.05, 0.1) is 23.9 Å². The van der Waals surface area contributed by atoms with Gasteiger partial charge in [0.1, 0.15) is 11.6 Å². The molecule has 0 aliphatic heterocycles. The highest BCUT2D eigenvalue weighted by Gasteiger charge is 2.17. The Morgan fingerprint density at radius 2 is 1.96 bits per heavy atom. The number of anilines is 2. The number of hydrogen-bond acceptors (Lipinski definition) is 6. The van der Waals surface area contributed by atoms with Crippen molar-refractivity contribution in [2.75, 3.05) is 17.1 Å². The molecule has 0 unspecified atom stereocenters. The van der Waals surface area contributed by atoms with Crippen molar-refractivity contribution >= 4 is 21.5 Å². The minimum Gasteiger partial charge on any atom is -0.497 e. The first kappa shape index (κ1) is 18.7. The molecule has 0 saturated carbocycles. The van der Waals surface area contributed by atoms with E-state index in [1.54, 1.807) is 43.6 Å². The summed E-state index contributed by atoms with van der Waals surface area (Å²) in [6, 6.07) is 12.0. The Balaban J connectivity index is 1.68. The summed E-state index contributed by atoms with van der Waals surface area (Å²) in [4.78, 5) is 8.49. The van der Waals surface area contributed by atoms with Crippen LogP contribution in [0.3, 0.4) is 0 Å². The second kappa shape index (κ2) is 8.05. The number of methoxy groups -OCH3 is 1. The van der Waals surface area contributed by atoms with Crippen molar-refractivity contribution in [1.29, 1.82) is 0 Å². The Labute approximate surface area is 158 Å². The molecular formula is C19H20N4O3S. The van der Waals surface area contributed by atoms with Gasteiger partial charge in [-0.05, 0) is 54.4 Å². The van der Waals surface area contributed by atoms with Crippen LogP contribution in [-0.4, -0.2) is 25.5 Å². The number of sulfonamides is 1. The normalized spacial score (nSPS) is 11.0. The predicted octanol–water partition coefficient (Wildman–Crippen LogP) is 3.21. The van der Waals surface area contributed by atoms with E-state index in [0.29, 0.717) is 29.4 Å². The third-order valence-corrected chi connectivity index (χ3v) is 5.43. The zero-order chi connectivity index (χ0) is 19.3. The third-order valence-electron chi connectivity index (χ3n) is 3.88. The van der Waals surface area contributed by atoms with Gasteiger partial charge >= 0.3 is 0 Å². The number of rotatable bonds is 7. The number of ether oxygens (including phenoxy) is 1. The Morgan fingerprint density at radius 1 is 1.11 bits per heavy atom. The Kier molecular flexibility index (Phi) is 5.56. The van der Waals surface area contributed by atoms with E-state index in [9.17, 15) is 8.42 Å². The SMILES string of the molecule is COc1ccc(S(=O)(=O)Nc2ccc(NCc3cccnc3)nc2)c(C)c1. The largest absolute Gasteiger partial charge is 0.497 e. The summed E-state index contributed by atoms with van der Waals surface area (Å²) < 4.78 is 32.9. The van der Waals surface area contributed by atoms with Crippen molar-refractivity contribution in [1.82, 2.24) is 9.97 Å². The smallest absolute Gasteiger partial charge is 0.262 e. The molecule has 3 rings (SSSR count). The summed E-state index contributed by atoms with van der Waals surface area (Å²) >= 11 is 0. The molecule has 0 radical (unpaired) electrons. The summed E-state index contributed by atoms with van der Waals surface area (Å²) in [5.74, 6) is 1.25. The lowest BCUT2D eigenvalue weighted by Gasteiger charge is -2.12. The fourth-order valence-corrected chi connectivity index (χ4v) is 3.79. The molecule has 2 heterocycles. The number of benzene rings is 1. The summed E-state index contributed by atoms with van der Waals surface area (Å²) in [6.45, 7) is 2.30. The number of nitrogens with zero attached hydrogens (tertiary/aromatic N) is 2. The maximum Gasteiger partial charge on any atom is 0.262 e. The fourth-order valence-electron chi connectivity index (χ4n) is 2.51. The lowest BCUT2D eigenvalue weighted by atomic mass is 10.2. The Hall–Kier alpha value is -3.13. The number of nitrogens with one attached hydrogen (secondary N) is 2. The van der Waals surface area contributed by atoms with Crippen LogP contribution in [0.15, 0.2) is 66.0 Å². The molecule has 3 aromatic rings. The van der Waals surface area contributed by atoms with Crippen LogP contribution in [-0.2, 0) is 16.6 Å². The summed E-state index contributed by atoms with van der Waals surface area (Å²) in [7, 11) is -2.17. The first-order valence-electron chi connectivity index (χ1n) is 8.24. The van der Waals surface area contributed by atoms with Crippen molar-refractivity contribution in [3.05, 3.63) is 72.2 Å². The number of aromatic nitrogens is 2. The van der Waals surface area contributed by atoms with Crippen LogP contribution in [0.2, 0.25) is 0 Å². The average Bonchev–Trinajstić information content (AvgIpc) is 2.67. The predicted molar refractivity (Wildman–Crippen MR) is 104 cm³/mol. The highest BCUT2D eigenvalue weighted by Crippen LogP contribution is 2.23. The van der Waals surface area contributed by atoms with Crippen LogP contribution in [0.1, 0.15) is 11.1 Å². The Bertz CT molecular complexity index is 1010. The molecule has 0 fully saturated rings. The number of aryl methyl sites for hydroxylation is 1. The second-order valence-electron chi connectivity index (χ2n) is 5.88. The van der Waals surface area contributed by atoms with Gasteiger partial charge in [-0.3, -0.25) is 9.71 Å². The molecule has 0 amide bonds. The number of hydrogen-bond donors (Lipinski definition) is 2. The van der Waals surface area contributed by atoms with E-state index in [2.05, 4.69) is 20.0 Å². The molecule has 0 spiro atoms. The summed E-state index contributed by atoms with van der Waals surface area (Å²) in [5, 5.41) is 3.16. The van der Waals surface area contributed by atoms with Crippen molar-refractivity contribution in [2.45, 2.75) is 18.4 Å². The fraction of sp³-hybridized carbons (Fsp3) is 0.158. The topological polar surface area (TPSA) is 93.2 Å². The minimum absolute atomic E-state index is 0.196. The van der Waals surface area contributed by atoms with Gasteiger partial charge < -0.3 is 10.1 Å². The van der Waals surface area contributed by atoms with Gasteiger partial charge in [-0.2, -0.15) is 0 Å². The first-order valence-corrected chi connectivity index (χ1v) is 9.72. The molecule has 8 heteroatoms. The van der Waals surface area contributed by atoms with Crippen LogP contribution in [0.5, 0.6) is 5.75 Å². The van der Waals surface area contributed by atoms with Crippen molar-refractivity contribution < 1.29 is 13.2 Å². The van der Waals surface area contributed by atoms with Crippen molar-refractivity contribution in [2.24, 2.45) is 0 Å². The first-order chi connectivity index (χ1) is 13.0. The van der Waals surface area contributed by atoms with Gasteiger partial charge in [-0.15, -0.1) is 0 Å². The van der Waals surface area contributed by atoms with Crippen LogP contribution in [0.25, 0.3) is 0 Å². The van der Waals surface area contributed by atoms with Gasteiger partial charge in [0.15, 0.2) is 0 Å². The summed E-state index contributed by atoms with van der Waals surface area (Å²) in [6.07, 6.45) is 4.96. The van der Waals surface area contributed by atoms with Gasteiger partial charge in [-0.25, -0.2) is 13.4 Å². The van der Waals surface area contributed by atoms with Crippen LogP contribution < -0.4 is 14.8 Å². The maximum atomic E-state index is 12.6. The molecule has 0 saturated heterocycles. The van der Waals surface area contributed by atoms with Gasteiger partial charge in [0.25, 0.3) is 10.0 Å². The molecule has 140 valence electrons. The Morgan fingerprint density at radius 3 is 2.59 bits per heavy atom. The van der Waals surface area contributed by atoms with E-state index in [1.165, 1.54) is 19.4 Å². The third kappa shape index (κ3) is 4.73. The highest BCUT2D eigenvalue weighted by atomic mass is 32.2. The zero-order valence-electron chi connectivity index (χ0n) is 15.0. The van der Waals surface area contributed by atoms with E-state index >= 15 is 0 Å². The minimum atomic E-state index is -3.71.